The Labute approximate surface area is 116 Å². The van der Waals surface area contributed by atoms with Crippen LogP contribution in [0.4, 0.5) is 0 Å². The van der Waals surface area contributed by atoms with E-state index in [1.54, 1.807) is 0 Å². The number of aromatic nitrogens is 3. The van der Waals surface area contributed by atoms with Gasteiger partial charge in [-0.1, -0.05) is 27.7 Å². The Kier molecular flexibility index (Phi) is 4.58. The zero-order valence-electron chi connectivity index (χ0n) is 12.7. The highest BCUT2D eigenvalue weighted by Crippen LogP contribution is 2.24. The summed E-state index contributed by atoms with van der Waals surface area (Å²) in [6, 6.07) is 0.551. The third-order valence-electron chi connectivity index (χ3n) is 4.11. The van der Waals surface area contributed by atoms with Crippen LogP contribution in [-0.2, 0) is 13.1 Å². The van der Waals surface area contributed by atoms with Gasteiger partial charge in [0.2, 0.25) is 0 Å². The van der Waals surface area contributed by atoms with E-state index in [1.807, 2.05) is 6.33 Å². The summed E-state index contributed by atoms with van der Waals surface area (Å²) in [6.45, 7) is 14.3. The fourth-order valence-electron chi connectivity index (χ4n) is 2.53. The Hall–Kier alpha value is -0.940. The van der Waals surface area contributed by atoms with Crippen molar-refractivity contribution in [1.29, 1.82) is 0 Å². The number of hydrogen-bond donors (Lipinski definition) is 1. The molecular formula is C14H27N5. The van der Waals surface area contributed by atoms with Gasteiger partial charge in [0.1, 0.15) is 12.2 Å². The quantitative estimate of drug-likeness (QED) is 0.847. The van der Waals surface area contributed by atoms with E-state index in [0.717, 1.165) is 38.5 Å². The third-order valence-corrected chi connectivity index (χ3v) is 4.11. The van der Waals surface area contributed by atoms with Crippen molar-refractivity contribution in [3.63, 3.8) is 0 Å². The Morgan fingerprint density at radius 3 is 2.89 bits per heavy atom. The van der Waals surface area contributed by atoms with Gasteiger partial charge in [-0.3, -0.25) is 4.90 Å². The molecule has 5 nitrogen and oxygen atoms in total. The van der Waals surface area contributed by atoms with Crippen LogP contribution in [-0.4, -0.2) is 45.3 Å². The minimum atomic E-state index is 0.326. The van der Waals surface area contributed by atoms with Gasteiger partial charge in [-0.25, -0.2) is 0 Å². The first kappa shape index (κ1) is 14.5. The van der Waals surface area contributed by atoms with Crippen molar-refractivity contribution in [3.8, 4) is 0 Å². The summed E-state index contributed by atoms with van der Waals surface area (Å²) >= 11 is 0. The van der Waals surface area contributed by atoms with Gasteiger partial charge < -0.3 is 9.88 Å². The van der Waals surface area contributed by atoms with Crippen molar-refractivity contribution in [1.82, 2.24) is 25.0 Å². The van der Waals surface area contributed by atoms with E-state index < -0.39 is 0 Å². The van der Waals surface area contributed by atoms with E-state index >= 15 is 0 Å². The summed E-state index contributed by atoms with van der Waals surface area (Å²) in [5.74, 6) is 1.10. The highest BCUT2D eigenvalue weighted by atomic mass is 15.3. The molecule has 108 valence electrons. The first-order chi connectivity index (χ1) is 9.02. The predicted molar refractivity (Wildman–Crippen MR) is 76.8 cm³/mol. The van der Waals surface area contributed by atoms with Crippen LogP contribution in [0.5, 0.6) is 0 Å². The van der Waals surface area contributed by atoms with E-state index in [-0.39, 0.29) is 0 Å². The molecule has 0 aliphatic carbocycles. The van der Waals surface area contributed by atoms with Gasteiger partial charge in [-0.2, -0.15) is 0 Å². The highest BCUT2D eigenvalue weighted by Gasteiger charge is 2.27. The molecule has 2 heterocycles. The monoisotopic (exact) mass is 265 g/mol. The molecule has 0 fully saturated rings. The molecular weight excluding hydrogens is 238 g/mol. The topological polar surface area (TPSA) is 46.0 Å². The molecule has 1 N–H and O–H groups in total. The second-order valence-electron chi connectivity index (χ2n) is 6.35. The fourth-order valence-corrected chi connectivity index (χ4v) is 2.53. The maximum absolute atomic E-state index is 4.19. The summed E-state index contributed by atoms with van der Waals surface area (Å²) in [5, 5.41) is 11.8. The van der Waals surface area contributed by atoms with Crippen molar-refractivity contribution >= 4 is 0 Å². The fraction of sp³-hybridized carbons (Fsp3) is 0.857. The van der Waals surface area contributed by atoms with Gasteiger partial charge in [0.25, 0.3) is 0 Å². The third kappa shape index (κ3) is 3.76. The Morgan fingerprint density at radius 1 is 1.42 bits per heavy atom. The van der Waals surface area contributed by atoms with Gasteiger partial charge in [-0.05, 0) is 11.8 Å². The van der Waals surface area contributed by atoms with Crippen LogP contribution < -0.4 is 5.32 Å². The van der Waals surface area contributed by atoms with Crippen molar-refractivity contribution in [2.24, 2.45) is 5.41 Å². The number of hydrogen-bond acceptors (Lipinski definition) is 4. The van der Waals surface area contributed by atoms with Crippen LogP contribution in [0.3, 0.4) is 0 Å². The number of nitrogens with one attached hydrogen (secondary N) is 1. The Bertz CT molecular complexity index is 400. The molecule has 0 radical (unpaired) electrons. The van der Waals surface area contributed by atoms with Crippen LogP contribution in [0.15, 0.2) is 6.33 Å². The largest absolute Gasteiger partial charge is 0.315 e. The summed E-state index contributed by atoms with van der Waals surface area (Å²) in [6.07, 6.45) is 3.03. The van der Waals surface area contributed by atoms with Gasteiger partial charge in [0.05, 0.1) is 6.54 Å². The molecule has 1 aliphatic rings. The van der Waals surface area contributed by atoms with Crippen LogP contribution >= 0.6 is 0 Å². The summed E-state index contributed by atoms with van der Waals surface area (Å²) in [5.41, 5.74) is 0.326. The Balaban J connectivity index is 1.92. The molecule has 1 aromatic rings. The van der Waals surface area contributed by atoms with E-state index in [1.165, 1.54) is 6.42 Å². The van der Waals surface area contributed by atoms with Crippen molar-refractivity contribution in [2.75, 3.05) is 19.6 Å². The molecule has 19 heavy (non-hydrogen) atoms. The second-order valence-corrected chi connectivity index (χ2v) is 6.35. The zero-order valence-corrected chi connectivity index (χ0v) is 12.7. The molecule has 2 rings (SSSR count). The highest BCUT2D eigenvalue weighted by molar-refractivity contribution is 4.92. The maximum atomic E-state index is 4.19. The number of fused-ring (bicyclic) bond motifs is 1. The average Bonchev–Trinajstić information content (AvgIpc) is 2.84. The molecule has 1 atom stereocenters. The van der Waals surface area contributed by atoms with Crippen molar-refractivity contribution < 1.29 is 0 Å². The van der Waals surface area contributed by atoms with Gasteiger partial charge in [0, 0.05) is 32.2 Å². The second kappa shape index (κ2) is 6.01. The molecule has 5 heteroatoms. The minimum absolute atomic E-state index is 0.326. The van der Waals surface area contributed by atoms with Gasteiger partial charge in [-0.15, -0.1) is 10.2 Å². The SMILES string of the molecule is CCC(C)(CNC(C)C)CN1CCn2cnnc2C1. The molecule has 0 saturated heterocycles. The molecule has 0 spiro atoms. The number of rotatable bonds is 6. The molecule has 1 aromatic heterocycles. The zero-order chi connectivity index (χ0) is 13.9. The first-order valence-corrected chi connectivity index (χ1v) is 7.35. The maximum Gasteiger partial charge on any atom is 0.147 e. The Morgan fingerprint density at radius 2 is 2.21 bits per heavy atom. The van der Waals surface area contributed by atoms with Gasteiger partial charge in [0.15, 0.2) is 0 Å². The average molecular weight is 265 g/mol. The molecule has 1 unspecified atom stereocenters. The van der Waals surface area contributed by atoms with Crippen molar-refractivity contribution in [2.45, 2.75) is 53.2 Å². The lowest BCUT2D eigenvalue weighted by Crippen LogP contribution is -2.45. The van der Waals surface area contributed by atoms with Crippen LogP contribution in [0.25, 0.3) is 0 Å². The standard InChI is InChI=1S/C14H27N5/c1-5-14(4,9-15-12(2)3)10-18-6-7-19-11-16-17-13(19)8-18/h11-12,15H,5-10H2,1-4H3. The molecule has 0 amide bonds. The van der Waals surface area contributed by atoms with E-state index in [2.05, 4.69) is 52.7 Å². The molecule has 0 bridgehead atoms. The molecule has 0 saturated carbocycles. The lowest BCUT2D eigenvalue weighted by atomic mass is 9.86. The lowest BCUT2D eigenvalue weighted by Gasteiger charge is -2.37. The van der Waals surface area contributed by atoms with Crippen LogP contribution in [0.2, 0.25) is 0 Å². The van der Waals surface area contributed by atoms with E-state index in [9.17, 15) is 0 Å². The smallest absolute Gasteiger partial charge is 0.147 e. The summed E-state index contributed by atoms with van der Waals surface area (Å²) < 4.78 is 2.16. The molecule has 1 aliphatic heterocycles. The minimum Gasteiger partial charge on any atom is -0.315 e. The summed E-state index contributed by atoms with van der Waals surface area (Å²) in [4.78, 5) is 2.51. The predicted octanol–water partition coefficient (Wildman–Crippen LogP) is 1.51. The van der Waals surface area contributed by atoms with Gasteiger partial charge >= 0.3 is 0 Å². The number of nitrogens with zero attached hydrogens (tertiary/aromatic N) is 4. The normalized spacial score (nSPS) is 19.4. The van der Waals surface area contributed by atoms with E-state index in [4.69, 9.17) is 0 Å². The van der Waals surface area contributed by atoms with Crippen LogP contribution in [0, 0.1) is 5.41 Å². The summed E-state index contributed by atoms with van der Waals surface area (Å²) in [7, 11) is 0. The molecule has 0 aromatic carbocycles. The van der Waals surface area contributed by atoms with Crippen molar-refractivity contribution in [3.05, 3.63) is 12.2 Å². The lowest BCUT2D eigenvalue weighted by molar-refractivity contribution is 0.125. The van der Waals surface area contributed by atoms with E-state index in [0.29, 0.717) is 11.5 Å². The first-order valence-electron chi connectivity index (χ1n) is 7.35. The van der Waals surface area contributed by atoms with Crippen LogP contribution in [0.1, 0.15) is 39.9 Å².